The molecule has 2 aromatic heterocycles. The van der Waals surface area contributed by atoms with Gasteiger partial charge in [0.2, 0.25) is 0 Å². The fourth-order valence-corrected chi connectivity index (χ4v) is 4.50. The highest BCUT2D eigenvalue weighted by molar-refractivity contribution is 5.85. The van der Waals surface area contributed by atoms with Gasteiger partial charge in [-0.1, -0.05) is 18.2 Å². The molecule has 0 amide bonds. The van der Waals surface area contributed by atoms with Crippen LogP contribution in [-0.4, -0.2) is 60.0 Å². The van der Waals surface area contributed by atoms with Gasteiger partial charge in [-0.25, -0.2) is 0 Å². The number of aromatic nitrogens is 2. The number of rotatable bonds is 9. The number of aromatic amines is 1. The number of para-hydroxylation sites is 1. The first-order valence-corrected chi connectivity index (χ1v) is 11.1. The summed E-state index contributed by atoms with van der Waals surface area (Å²) in [7, 11) is 0. The molecule has 178 valence electrons. The molecule has 2 N–H and O–H groups in total. The number of fused-ring (bicyclic) bond motifs is 3. The minimum atomic E-state index is -4.34. The molecule has 1 aliphatic heterocycles. The maximum atomic E-state index is 13.5. The van der Waals surface area contributed by atoms with Gasteiger partial charge in [0.05, 0.1) is 25.0 Å². The summed E-state index contributed by atoms with van der Waals surface area (Å²) in [6, 6.07) is 10.2. The van der Waals surface area contributed by atoms with Crippen molar-refractivity contribution in [2.45, 2.75) is 38.0 Å². The lowest BCUT2D eigenvalue weighted by molar-refractivity contribution is -0.155. The van der Waals surface area contributed by atoms with E-state index >= 15 is 0 Å². The molecule has 0 saturated heterocycles. The second kappa shape index (κ2) is 10.1. The van der Waals surface area contributed by atoms with Gasteiger partial charge in [-0.2, -0.15) is 13.2 Å². The van der Waals surface area contributed by atoms with E-state index in [0.717, 1.165) is 22.2 Å². The van der Waals surface area contributed by atoms with E-state index in [1.165, 1.54) is 4.90 Å². The van der Waals surface area contributed by atoms with E-state index in [9.17, 15) is 17.6 Å². The number of benzene rings is 1. The van der Waals surface area contributed by atoms with Crippen LogP contribution in [0, 0.1) is 0 Å². The Hall–Kier alpha value is -2.65. The number of ether oxygens (including phenoxy) is 1. The van der Waals surface area contributed by atoms with Crippen molar-refractivity contribution < 1.29 is 22.3 Å². The first-order valence-electron chi connectivity index (χ1n) is 11.1. The van der Waals surface area contributed by atoms with Crippen molar-refractivity contribution in [3.8, 4) is 5.75 Å². The van der Waals surface area contributed by atoms with Gasteiger partial charge in [0, 0.05) is 41.4 Å². The van der Waals surface area contributed by atoms with Crippen molar-refractivity contribution in [3.05, 3.63) is 59.5 Å². The summed E-state index contributed by atoms with van der Waals surface area (Å²) in [6.07, 6.45) is -1.81. The Morgan fingerprint density at radius 2 is 2.03 bits per heavy atom. The van der Waals surface area contributed by atoms with Crippen molar-refractivity contribution in [2.75, 3.05) is 32.9 Å². The molecule has 3 aromatic rings. The second-order valence-corrected chi connectivity index (χ2v) is 8.36. The summed E-state index contributed by atoms with van der Waals surface area (Å²) in [5, 5.41) is 4.11. The van der Waals surface area contributed by atoms with Gasteiger partial charge in [-0.15, -0.1) is 0 Å². The summed E-state index contributed by atoms with van der Waals surface area (Å²) in [5.41, 5.74) is 3.18. The predicted molar refractivity (Wildman–Crippen MR) is 119 cm³/mol. The van der Waals surface area contributed by atoms with Gasteiger partial charge >= 0.3 is 6.18 Å². The maximum Gasteiger partial charge on any atom is 0.401 e. The molecule has 0 aliphatic carbocycles. The topological polar surface area (TPSA) is 53.2 Å². The standard InChI is InChI=1S/C24H28F4N4O/c1-16-13-19-18-5-2-3-6-20(18)31-22(19)23(32(16)15-24(26,27)28)21-14-17(7-10-30-21)33-12-11-29-9-4-8-25/h2-3,5-7,10,14,16,23,29,31H,4,8-9,11-13,15H2,1H3/t16-,23?/m1/s1. The van der Waals surface area contributed by atoms with E-state index in [-0.39, 0.29) is 12.7 Å². The number of pyridine rings is 1. The number of nitrogens with one attached hydrogen (secondary N) is 2. The summed E-state index contributed by atoms with van der Waals surface area (Å²) in [4.78, 5) is 9.27. The fourth-order valence-electron chi connectivity index (χ4n) is 4.50. The van der Waals surface area contributed by atoms with E-state index in [4.69, 9.17) is 4.74 Å². The molecular formula is C24H28F4N4O. The summed E-state index contributed by atoms with van der Waals surface area (Å²) >= 11 is 0. The third-order valence-corrected chi connectivity index (χ3v) is 5.95. The molecule has 1 aliphatic rings. The number of halogens is 4. The molecule has 33 heavy (non-hydrogen) atoms. The molecule has 0 spiro atoms. The Labute approximate surface area is 190 Å². The minimum absolute atomic E-state index is 0.325. The Morgan fingerprint density at radius 1 is 1.21 bits per heavy atom. The zero-order valence-corrected chi connectivity index (χ0v) is 18.5. The second-order valence-electron chi connectivity index (χ2n) is 8.36. The lowest BCUT2D eigenvalue weighted by Gasteiger charge is -2.40. The highest BCUT2D eigenvalue weighted by Gasteiger charge is 2.42. The SMILES string of the molecule is C[C@@H]1Cc2c([nH]c3ccccc23)C(c2cc(OCCNCCCF)ccn2)N1CC(F)(F)F. The van der Waals surface area contributed by atoms with E-state index in [1.807, 2.05) is 31.2 Å². The average molecular weight is 465 g/mol. The fraction of sp³-hybridized carbons (Fsp3) is 0.458. The van der Waals surface area contributed by atoms with E-state index in [0.29, 0.717) is 44.0 Å². The minimum Gasteiger partial charge on any atom is -0.492 e. The molecule has 3 heterocycles. The van der Waals surface area contributed by atoms with Crippen LogP contribution in [0.25, 0.3) is 10.9 Å². The Morgan fingerprint density at radius 3 is 2.82 bits per heavy atom. The van der Waals surface area contributed by atoms with Gasteiger partial charge in [0.25, 0.3) is 0 Å². The molecule has 9 heteroatoms. The van der Waals surface area contributed by atoms with E-state index < -0.39 is 18.8 Å². The molecule has 0 saturated carbocycles. The first kappa shape index (κ1) is 23.5. The van der Waals surface area contributed by atoms with Crippen LogP contribution in [0.5, 0.6) is 5.75 Å². The lowest BCUT2D eigenvalue weighted by atomic mass is 9.90. The first-order chi connectivity index (χ1) is 15.9. The molecule has 2 atom stereocenters. The van der Waals surface area contributed by atoms with E-state index in [1.54, 1.807) is 18.3 Å². The molecule has 1 unspecified atom stereocenters. The quantitative estimate of drug-likeness (QED) is 0.353. The zero-order valence-electron chi connectivity index (χ0n) is 18.5. The van der Waals surface area contributed by atoms with Crippen LogP contribution in [-0.2, 0) is 6.42 Å². The number of hydrogen-bond donors (Lipinski definition) is 2. The Bertz CT molecular complexity index is 1070. The third-order valence-electron chi connectivity index (χ3n) is 5.95. The molecule has 5 nitrogen and oxygen atoms in total. The van der Waals surface area contributed by atoms with Crippen molar-refractivity contribution in [3.63, 3.8) is 0 Å². The monoisotopic (exact) mass is 464 g/mol. The van der Waals surface area contributed by atoms with Gasteiger partial charge in [-0.3, -0.25) is 14.3 Å². The number of alkyl halides is 4. The molecule has 0 radical (unpaired) electrons. The molecule has 1 aromatic carbocycles. The smallest absolute Gasteiger partial charge is 0.401 e. The van der Waals surface area contributed by atoms with Crippen LogP contribution >= 0.6 is 0 Å². The van der Waals surface area contributed by atoms with Crippen molar-refractivity contribution in [1.82, 2.24) is 20.2 Å². The van der Waals surface area contributed by atoms with Crippen molar-refractivity contribution >= 4 is 10.9 Å². The largest absolute Gasteiger partial charge is 0.492 e. The van der Waals surface area contributed by atoms with Crippen LogP contribution in [0.3, 0.4) is 0 Å². The van der Waals surface area contributed by atoms with Gasteiger partial charge in [0.15, 0.2) is 0 Å². The normalized spacial score (nSPS) is 19.1. The average Bonchev–Trinajstić information content (AvgIpc) is 3.14. The number of hydrogen-bond acceptors (Lipinski definition) is 4. The number of nitrogens with zero attached hydrogens (tertiary/aromatic N) is 2. The molecular weight excluding hydrogens is 436 g/mol. The summed E-state index contributed by atoms with van der Waals surface area (Å²) in [6.45, 7) is 1.90. The van der Waals surface area contributed by atoms with E-state index in [2.05, 4.69) is 15.3 Å². The Kier molecular flexibility index (Phi) is 7.19. The highest BCUT2D eigenvalue weighted by Crippen LogP contribution is 2.41. The van der Waals surface area contributed by atoms with Gasteiger partial charge in [0.1, 0.15) is 12.4 Å². The predicted octanol–water partition coefficient (Wildman–Crippen LogP) is 4.79. The van der Waals surface area contributed by atoms with Gasteiger partial charge in [-0.05, 0) is 44.0 Å². The summed E-state index contributed by atoms with van der Waals surface area (Å²) < 4.78 is 58.5. The van der Waals surface area contributed by atoms with Crippen molar-refractivity contribution in [1.29, 1.82) is 0 Å². The van der Waals surface area contributed by atoms with Crippen LogP contribution < -0.4 is 10.1 Å². The van der Waals surface area contributed by atoms with Crippen LogP contribution in [0.1, 0.15) is 36.3 Å². The highest BCUT2D eigenvalue weighted by atomic mass is 19.4. The van der Waals surface area contributed by atoms with Crippen LogP contribution in [0.15, 0.2) is 42.6 Å². The van der Waals surface area contributed by atoms with Crippen molar-refractivity contribution in [2.24, 2.45) is 0 Å². The third kappa shape index (κ3) is 5.47. The van der Waals surface area contributed by atoms with Crippen LogP contribution in [0.4, 0.5) is 17.6 Å². The van der Waals surface area contributed by atoms with Gasteiger partial charge < -0.3 is 15.0 Å². The summed E-state index contributed by atoms with van der Waals surface area (Å²) in [5.74, 6) is 0.537. The zero-order chi connectivity index (χ0) is 23.4. The molecule has 0 bridgehead atoms. The molecule has 4 rings (SSSR count). The Balaban J connectivity index is 1.64. The van der Waals surface area contributed by atoms with Crippen LogP contribution in [0.2, 0.25) is 0 Å². The molecule has 0 fully saturated rings. The lowest BCUT2D eigenvalue weighted by Crippen LogP contribution is -2.47. The maximum absolute atomic E-state index is 13.5. The number of H-pyrrole nitrogens is 1.